The number of hydrogen-bond donors (Lipinski definition) is 3. The van der Waals surface area contributed by atoms with E-state index in [-0.39, 0.29) is 11.8 Å². The normalized spacial score (nSPS) is 16.9. The summed E-state index contributed by atoms with van der Waals surface area (Å²) in [4.78, 5) is 0. The predicted molar refractivity (Wildman–Crippen MR) is 76.1 cm³/mol. The van der Waals surface area contributed by atoms with Gasteiger partial charge in [-0.3, -0.25) is 5.10 Å². The number of rotatable bonds is 2. The summed E-state index contributed by atoms with van der Waals surface area (Å²) in [5, 5.41) is 21.1. The van der Waals surface area contributed by atoms with Gasteiger partial charge in [-0.25, -0.2) is 0 Å². The fourth-order valence-corrected chi connectivity index (χ4v) is 2.60. The third kappa shape index (κ3) is 1.67. The molecule has 2 aromatic carbocycles. The number of phenolic OH excluding ortho intramolecular Hbond substituents is 1. The van der Waals surface area contributed by atoms with E-state index in [0.29, 0.717) is 6.61 Å². The van der Waals surface area contributed by atoms with Gasteiger partial charge in [0.2, 0.25) is 0 Å². The van der Waals surface area contributed by atoms with E-state index in [1.54, 1.807) is 18.3 Å². The maximum atomic E-state index is 9.47. The number of fused-ring (bicyclic) bond motifs is 2. The Bertz CT molecular complexity index is 782. The van der Waals surface area contributed by atoms with Crippen LogP contribution in [0.25, 0.3) is 10.9 Å². The van der Waals surface area contributed by atoms with Crippen LogP contribution in [0.4, 0.5) is 5.69 Å². The lowest BCUT2D eigenvalue weighted by molar-refractivity contribution is 0.338. The molecule has 1 aromatic heterocycles. The summed E-state index contributed by atoms with van der Waals surface area (Å²) in [7, 11) is 0. The molecule has 0 aliphatic carbocycles. The van der Waals surface area contributed by atoms with Gasteiger partial charge in [-0.15, -0.1) is 0 Å². The van der Waals surface area contributed by atoms with Crippen LogP contribution in [-0.4, -0.2) is 21.9 Å². The second kappa shape index (κ2) is 4.16. The number of hydrogen-bond acceptors (Lipinski definition) is 4. The van der Waals surface area contributed by atoms with E-state index in [1.807, 2.05) is 24.3 Å². The van der Waals surface area contributed by atoms with E-state index in [4.69, 9.17) is 4.74 Å². The van der Waals surface area contributed by atoms with Gasteiger partial charge in [0.25, 0.3) is 0 Å². The van der Waals surface area contributed by atoms with E-state index in [1.165, 1.54) is 0 Å². The lowest BCUT2D eigenvalue weighted by Crippen LogP contribution is -2.12. The Morgan fingerprint density at radius 3 is 3.20 bits per heavy atom. The van der Waals surface area contributed by atoms with Crippen LogP contribution in [0.15, 0.2) is 42.6 Å². The van der Waals surface area contributed by atoms with Crippen LogP contribution in [0, 0.1) is 0 Å². The summed E-state index contributed by atoms with van der Waals surface area (Å²) in [6.45, 7) is 0.545. The molecule has 3 N–H and O–H groups in total. The molecular weight excluding hydrogens is 254 g/mol. The Labute approximate surface area is 115 Å². The molecule has 0 fully saturated rings. The molecule has 1 unspecified atom stereocenters. The highest BCUT2D eigenvalue weighted by Crippen LogP contribution is 2.37. The van der Waals surface area contributed by atoms with Crippen LogP contribution < -0.4 is 10.1 Å². The van der Waals surface area contributed by atoms with Crippen LogP contribution in [0.5, 0.6) is 11.5 Å². The minimum atomic E-state index is 0.0690. The van der Waals surface area contributed by atoms with Crippen molar-refractivity contribution in [1.82, 2.24) is 10.2 Å². The first-order valence-corrected chi connectivity index (χ1v) is 6.45. The summed E-state index contributed by atoms with van der Waals surface area (Å²) < 4.78 is 5.61. The fourth-order valence-electron chi connectivity index (χ4n) is 2.60. The summed E-state index contributed by atoms with van der Waals surface area (Å²) >= 11 is 0. The SMILES string of the molecule is Oc1ccc2c(c1)OCC2Nc1cccc2cn[nH]c12. The van der Waals surface area contributed by atoms with Gasteiger partial charge < -0.3 is 15.2 Å². The third-order valence-electron chi connectivity index (χ3n) is 3.58. The molecule has 0 saturated carbocycles. The van der Waals surface area contributed by atoms with Crippen molar-refractivity contribution in [2.24, 2.45) is 0 Å². The van der Waals surface area contributed by atoms with Crippen LogP contribution in [0.3, 0.4) is 0 Å². The van der Waals surface area contributed by atoms with Crippen LogP contribution in [0.2, 0.25) is 0 Å². The second-order valence-corrected chi connectivity index (χ2v) is 4.87. The smallest absolute Gasteiger partial charge is 0.128 e. The number of aromatic hydroxyl groups is 1. The molecule has 1 aliphatic rings. The molecule has 100 valence electrons. The molecule has 0 saturated heterocycles. The van der Waals surface area contributed by atoms with E-state index >= 15 is 0 Å². The van der Waals surface area contributed by atoms with Gasteiger partial charge in [-0.2, -0.15) is 5.10 Å². The Morgan fingerprint density at radius 2 is 2.25 bits per heavy atom. The van der Waals surface area contributed by atoms with Crippen molar-refractivity contribution in [2.45, 2.75) is 6.04 Å². The van der Waals surface area contributed by atoms with Gasteiger partial charge in [-0.1, -0.05) is 12.1 Å². The summed E-state index contributed by atoms with van der Waals surface area (Å²) in [6, 6.07) is 11.3. The van der Waals surface area contributed by atoms with E-state index in [9.17, 15) is 5.11 Å². The van der Waals surface area contributed by atoms with Crippen molar-refractivity contribution < 1.29 is 9.84 Å². The van der Waals surface area contributed by atoms with Crippen LogP contribution in [-0.2, 0) is 0 Å². The van der Waals surface area contributed by atoms with E-state index in [0.717, 1.165) is 27.9 Å². The molecule has 5 heteroatoms. The predicted octanol–water partition coefficient (Wildman–Crippen LogP) is 2.81. The number of nitrogens with zero attached hydrogens (tertiary/aromatic N) is 1. The Kier molecular flexibility index (Phi) is 2.32. The van der Waals surface area contributed by atoms with Crippen molar-refractivity contribution in [3.8, 4) is 11.5 Å². The first kappa shape index (κ1) is 11.2. The average molecular weight is 267 g/mol. The molecular formula is C15H13N3O2. The molecule has 1 aliphatic heterocycles. The zero-order chi connectivity index (χ0) is 13.5. The number of aromatic amines is 1. The van der Waals surface area contributed by atoms with Crippen molar-refractivity contribution in [3.05, 3.63) is 48.2 Å². The molecule has 20 heavy (non-hydrogen) atoms. The van der Waals surface area contributed by atoms with Crippen molar-refractivity contribution in [3.63, 3.8) is 0 Å². The Hall–Kier alpha value is -2.69. The van der Waals surface area contributed by atoms with Crippen molar-refractivity contribution in [2.75, 3.05) is 11.9 Å². The highest BCUT2D eigenvalue weighted by Gasteiger charge is 2.24. The molecule has 0 spiro atoms. The first-order chi connectivity index (χ1) is 9.81. The molecule has 4 rings (SSSR count). The number of H-pyrrole nitrogens is 1. The summed E-state index contributed by atoms with van der Waals surface area (Å²) in [5.41, 5.74) is 3.04. The van der Waals surface area contributed by atoms with Crippen molar-refractivity contribution in [1.29, 1.82) is 0 Å². The van der Waals surface area contributed by atoms with Crippen LogP contribution in [0.1, 0.15) is 11.6 Å². The standard InChI is InChI=1S/C15H13N3O2/c19-10-4-5-11-13(8-20-14(11)6-10)17-12-3-1-2-9-7-16-18-15(9)12/h1-7,13,17,19H,8H2,(H,16,18). The Morgan fingerprint density at radius 1 is 1.30 bits per heavy atom. The van der Waals surface area contributed by atoms with Gasteiger partial charge in [0, 0.05) is 17.0 Å². The monoisotopic (exact) mass is 267 g/mol. The topological polar surface area (TPSA) is 70.2 Å². The molecule has 3 aromatic rings. The van der Waals surface area contributed by atoms with Gasteiger partial charge in [0.1, 0.15) is 18.1 Å². The fraction of sp³-hybridized carbons (Fsp3) is 0.133. The molecule has 0 bridgehead atoms. The highest BCUT2D eigenvalue weighted by atomic mass is 16.5. The highest BCUT2D eigenvalue weighted by molar-refractivity contribution is 5.90. The second-order valence-electron chi connectivity index (χ2n) is 4.87. The number of benzene rings is 2. The molecule has 2 heterocycles. The number of nitrogens with one attached hydrogen (secondary N) is 2. The first-order valence-electron chi connectivity index (χ1n) is 6.45. The number of ether oxygens (including phenoxy) is 1. The maximum absolute atomic E-state index is 9.47. The third-order valence-corrected chi connectivity index (χ3v) is 3.58. The lowest BCUT2D eigenvalue weighted by Gasteiger charge is -2.13. The molecule has 5 nitrogen and oxygen atoms in total. The molecule has 0 amide bonds. The average Bonchev–Trinajstić information content (AvgIpc) is 3.06. The Balaban J connectivity index is 1.70. The number of aromatic nitrogens is 2. The molecule has 0 radical (unpaired) electrons. The van der Waals surface area contributed by atoms with Crippen LogP contribution >= 0.6 is 0 Å². The van der Waals surface area contributed by atoms with Gasteiger partial charge in [0.05, 0.1) is 23.4 Å². The lowest BCUT2D eigenvalue weighted by atomic mass is 10.1. The summed E-state index contributed by atoms with van der Waals surface area (Å²) in [6.07, 6.45) is 1.80. The van der Waals surface area contributed by atoms with Gasteiger partial charge in [-0.05, 0) is 18.2 Å². The van der Waals surface area contributed by atoms with E-state index < -0.39 is 0 Å². The minimum Gasteiger partial charge on any atom is -0.508 e. The number of para-hydroxylation sites is 1. The maximum Gasteiger partial charge on any atom is 0.128 e. The quantitative estimate of drug-likeness (QED) is 0.667. The summed E-state index contributed by atoms with van der Waals surface area (Å²) in [5.74, 6) is 0.958. The minimum absolute atomic E-state index is 0.0690. The largest absolute Gasteiger partial charge is 0.508 e. The van der Waals surface area contributed by atoms with E-state index in [2.05, 4.69) is 15.5 Å². The molecule has 1 atom stereocenters. The number of phenols is 1. The van der Waals surface area contributed by atoms with Gasteiger partial charge >= 0.3 is 0 Å². The van der Waals surface area contributed by atoms with Crippen molar-refractivity contribution >= 4 is 16.6 Å². The van der Waals surface area contributed by atoms with Gasteiger partial charge in [0.15, 0.2) is 0 Å². The zero-order valence-corrected chi connectivity index (χ0v) is 10.6. The zero-order valence-electron chi connectivity index (χ0n) is 10.6. The number of anilines is 1.